The van der Waals surface area contributed by atoms with E-state index in [1.165, 1.54) is 27.4 Å². The number of alkyl halides is 3. The molecule has 10 heteroatoms. The Balaban J connectivity index is 2.67. The second kappa shape index (κ2) is 9.54. The fraction of sp³-hybridized carbons (Fsp3) is 0.375. The summed E-state index contributed by atoms with van der Waals surface area (Å²) in [5.41, 5.74) is 0.512. The zero-order valence-corrected chi connectivity index (χ0v) is 14.3. The van der Waals surface area contributed by atoms with E-state index in [1.54, 1.807) is 17.4 Å². The van der Waals surface area contributed by atoms with Crippen molar-refractivity contribution in [3.63, 3.8) is 0 Å². The van der Waals surface area contributed by atoms with Crippen LogP contribution in [0.4, 0.5) is 13.2 Å². The van der Waals surface area contributed by atoms with E-state index >= 15 is 0 Å². The zero-order valence-electron chi connectivity index (χ0n) is 14.3. The summed E-state index contributed by atoms with van der Waals surface area (Å²) in [5.74, 6) is -0.855. The molecular weight excluding hydrogens is 359 g/mol. The first kappa shape index (κ1) is 21.1. The van der Waals surface area contributed by atoms with Gasteiger partial charge in [0.1, 0.15) is 6.54 Å². The van der Waals surface area contributed by atoms with Gasteiger partial charge < -0.3 is 24.3 Å². The van der Waals surface area contributed by atoms with Gasteiger partial charge in [0.15, 0.2) is 18.1 Å². The van der Waals surface area contributed by atoms with Gasteiger partial charge in [-0.15, -0.1) is 0 Å². The molecule has 1 amide bonds. The average Bonchev–Trinajstić information content (AvgIpc) is 2.61. The van der Waals surface area contributed by atoms with E-state index in [9.17, 15) is 22.8 Å². The number of halogens is 3. The molecule has 0 aliphatic heterocycles. The SMILES string of the molecule is COc1cc(/C=C/C(=O)OCC(=O)NCC(F)(F)F)cc(OC)c1OC. The van der Waals surface area contributed by atoms with Crippen molar-refractivity contribution in [2.45, 2.75) is 6.18 Å². The maximum Gasteiger partial charge on any atom is 0.405 e. The van der Waals surface area contributed by atoms with E-state index in [2.05, 4.69) is 4.74 Å². The number of methoxy groups -OCH3 is 3. The Kier molecular flexibility index (Phi) is 7.76. The number of rotatable bonds is 8. The molecule has 0 atom stereocenters. The summed E-state index contributed by atoms with van der Waals surface area (Å²) in [4.78, 5) is 22.7. The number of nitrogens with one attached hydrogen (secondary N) is 1. The smallest absolute Gasteiger partial charge is 0.405 e. The van der Waals surface area contributed by atoms with E-state index in [0.29, 0.717) is 22.8 Å². The molecule has 26 heavy (non-hydrogen) atoms. The maximum atomic E-state index is 11.9. The molecule has 0 aromatic heterocycles. The molecule has 0 aliphatic carbocycles. The molecule has 144 valence electrons. The molecule has 0 spiro atoms. The summed E-state index contributed by atoms with van der Waals surface area (Å²) < 4.78 is 55.9. The average molecular weight is 377 g/mol. The number of esters is 1. The van der Waals surface area contributed by atoms with Gasteiger partial charge in [0.25, 0.3) is 5.91 Å². The van der Waals surface area contributed by atoms with Crippen LogP contribution in [0.5, 0.6) is 17.2 Å². The third-order valence-corrected chi connectivity index (χ3v) is 2.93. The van der Waals surface area contributed by atoms with Crippen molar-refractivity contribution in [3.05, 3.63) is 23.8 Å². The van der Waals surface area contributed by atoms with Gasteiger partial charge in [-0.1, -0.05) is 0 Å². The lowest BCUT2D eigenvalue weighted by Gasteiger charge is -2.12. The summed E-state index contributed by atoms with van der Waals surface area (Å²) in [5, 5.41) is 1.58. The highest BCUT2D eigenvalue weighted by atomic mass is 19.4. The Labute approximate surface area is 147 Å². The van der Waals surface area contributed by atoms with Crippen LogP contribution in [0.3, 0.4) is 0 Å². The Bertz CT molecular complexity index is 647. The number of carbonyl (C=O) groups excluding carboxylic acids is 2. The van der Waals surface area contributed by atoms with Crippen LogP contribution in [0.15, 0.2) is 18.2 Å². The molecule has 0 bridgehead atoms. The number of ether oxygens (including phenoxy) is 4. The monoisotopic (exact) mass is 377 g/mol. The minimum absolute atomic E-state index is 0.367. The van der Waals surface area contributed by atoms with Gasteiger partial charge in [-0.25, -0.2) is 4.79 Å². The van der Waals surface area contributed by atoms with Gasteiger partial charge in [-0.3, -0.25) is 4.79 Å². The fourth-order valence-corrected chi connectivity index (χ4v) is 1.80. The summed E-state index contributed by atoms with van der Waals surface area (Å²) in [6.07, 6.45) is -2.16. The van der Waals surface area contributed by atoms with Crippen molar-refractivity contribution in [2.75, 3.05) is 34.5 Å². The van der Waals surface area contributed by atoms with Crippen LogP contribution in [-0.4, -0.2) is 52.5 Å². The number of amides is 1. The van der Waals surface area contributed by atoms with Gasteiger partial charge in [-0.05, 0) is 23.8 Å². The Hall–Kier alpha value is -2.91. The normalized spacial score (nSPS) is 11.2. The van der Waals surface area contributed by atoms with E-state index < -0.39 is 31.2 Å². The fourth-order valence-electron chi connectivity index (χ4n) is 1.80. The Morgan fingerprint density at radius 1 is 1.08 bits per heavy atom. The summed E-state index contributed by atoms with van der Waals surface area (Å²) in [6, 6.07) is 3.14. The quantitative estimate of drug-likeness (QED) is 0.551. The van der Waals surface area contributed by atoms with Crippen LogP contribution in [0.25, 0.3) is 6.08 Å². The molecule has 0 saturated heterocycles. The summed E-state index contributed by atoms with van der Waals surface area (Å²) in [6.45, 7) is -2.32. The predicted octanol–water partition coefficient (Wildman–Crippen LogP) is 1.95. The van der Waals surface area contributed by atoms with Gasteiger partial charge in [-0.2, -0.15) is 13.2 Å². The summed E-state index contributed by atoms with van der Waals surface area (Å²) in [7, 11) is 4.30. The van der Waals surface area contributed by atoms with Crippen molar-refractivity contribution in [3.8, 4) is 17.2 Å². The molecule has 1 aromatic carbocycles. The lowest BCUT2D eigenvalue weighted by atomic mass is 10.1. The second-order valence-corrected chi connectivity index (χ2v) is 4.79. The van der Waals surface area contributed by atoms with Crippen molar-refractivity contribution < 1.29 is 41.7 Å². The zero-order chi connectivity index (χ0) is 19.7. The van der Waals surface area contributed by atoms with Crippen LogP contribution < -0.4 is 19.5 Å². The minimum Gasteiger partial charge on any atom is -0.493 e. The van der Waals surface area contributed by atoms with E-state index in [-0.39, 0.29) is 0 Å². The van der Waals surface area contributed by atoms with Crippen molar-refractivity contribution >= 4 is 18.0 Å². The topological polar surface area (TPSA) is 83.1 Å². The molecule has 0 saturated carbocycles. The van der Waals surface area contributed by atoms with Gasteiger partial charge in [0.05, 0.1) is 21.3 Å². The number of hydrogen-bond acceptors (Lipinski definition) is 6. The lowest BCUT2D eigenvalue weighted by Crippen LogP contribution is -2.36. The van der Waals surface area contributed by atoms with E-state index in [0.717, 1.165) is 6.08 Å². The van der Waals surface area contributed by atoms with E-state index in [4.69, 9.17) is 14.2 Å². The van der Waals surface area contributed by atoms with E-state index in [1.807, 2.05) is 0 Å². The summed E-state index contributed by atoms with van der Waals surface area (Å²) >= 11 is 0. The number of benzene rings is 1. The van der Waals surface area contributed by atoms with Crippen molar-refractivity contribution in [2.24, 2.45) is 0 Å². The number of hydrogen-bond donors (Lipinski definition) is 1. The molecule has 0 heterocycles. The van der Waals surface area contributed by atoms with Crippen LogP contribution in [0.2, 0.25) is 0 Å². The molecule has 0 radical (unpaired) electrons. The largest absolute Gasteiger partial charge is 0.493 e. The first-order valence-corrected chi connectivity index (χ1v) is 7.18. The highest BCUT2D eigenvalue weighted by Gasteiger charge is 2.27. The molecule has 0 unspecified atom stereocenters. The minimum atomic E-state index is -4.54. The van der Waals surface area contributed by atoms with Crippen LogP contribution in [-0.2, 0) is 14.3 Å². The first-order valence-electron chi connectivity index (χ1n) is 7.18. The second-order valence-electron chi connectivity index (χ2n) is 4.79. The highest BCUT2D eigenvalue weighted by molar-refractivity contribution is 5.89. The van der Waals surface area contributed by atoms with Gasteiger partial charge >= 0.3 is 12.1 Å². The van der Waals surface area contributed by atoms with Crippen LogP contribution >= 0.6 is 0 Å². The van der Waals surface area contributed by atoms with Crippen molar-refractivity contribution in [1.82, 2.24) is 5.32 Å². The van der Waals surface area contributed by atoms with Crippen molar-refractivity contribution in [1.29, 1.82) is 0 Å². The first-order chi connectivity index (χ1) is 12.2. The van der Waals surface area contributed by atoms with Crippen LogP contribution in [0, 0.1) is 0 Å². The third kappa shape index (κ3) is 6.91. The molecule has 1 aromatic rings. The molecule has 7 nitrogen and oxygen atoms in total. The van der Waals surface area contributed by atoms with Gasteiger partial charge in [0, 0.05) is 6.08 Å². The molecule has 0 fully saturated rings. The molecule has 1 rings (SSSR count). The van der Waals surface area contributed by atoms with Crippen LogP contribution in [0.1, 0.15) is 5.56 Å². The molecule has 1 N–H and O–H groups in total. The standard InChI is InChI=1S/C16H18F3NO6/c1-23-11-6-10(7-12(24-2)15(11)25-3)4-5-14(22)26-8-13(21)20-9-16(17,18)19/h4-7H,8-9H2,1-3H3,(H,20,21)/b5-4+. The van der Waals surface area contributed by atoms with Gasteiger partial charge in [0.2, 0.25) is 5.75 Å². The predicted molar refractivity (Wildman–Crippen MR) is 85.2 cm³/mol. The number of carbonyl (C=O) groups is 2. The Morgan fingerprint density at radius 3 is 2.12 bits per heavy atom. The molecule has 0 aliphatic rings. The maximum absolute atomic E-state index is 11.9. The Morgan fingerprint density at radius 2 is 1.65 bits per heavy atom. The highest BCUT2D eigenvalue weighted by Crippen LogP contribution is 2.38. The molecular formula is C16H18F3NO6. The third-order valence-electron chi connectivity index (χ3n) is 2.93. The lowest BCUT2D eigenvalue weighted by molar-refractivity contribution is -0.148.